The number of hydrogen-bond donors (Lipinski definition) is 0. The predicted molar refractivity (Wildman–Crippen MR) is 40.6 cm³/mol. The molecule has 0 N–H and O–H groups in total. The quantitative estimate of drug-likeness (QED) is 0.509. The van der Waals surface area contributed by atoms with Gasteiger partial charge in [-0.25, -0.2) is 0 Å². The third kappa shape index (κ3) is 7.69. The summed E-state index contributed by atoms with van der Waals surface area (Å²) >= 11 is -0.752. The molecule has 0 aliphatic heterocycles. The Morgan fingerprint density at radius 2 is 1.15 bits per heavy atom. The summed E-state index contributed by atoms with van der Waals surface area (Å²) in [5, 5.41) is 0. The number of hydrogen-bond acceptors (Lipinski definition) is 4. The summed E-state index contributed by atoms with van der Waals surface area (Å²) in [6.07, 6.45) is -0.393. The zero-order valence-electron chi connectivity index (χ0n) is 7.36. The minimum atomic E-state index is -0.752. The molecule has 5 heteroatoms. The van der Waals surface area contributed by atoms with Gasteiger partial charge in [-0.15, -0.1) is 0 Å². The van der Waals surface area contributed by atoms with Crippen molar-refractivity contribution in [2.45, 2.75) is 26.7 Å². The first-order valence-electron chi connectivity index (χ1n) is 3.55. The molecule has 0 amide bonds. The molecule has 0 saturated heterocycles. The van der Waals surface area contributed by atoms with E-state index in [0.29, 0.717) is 0 Å². The van der Waals surface area contributed by atoms with Crippen molar-refractivity contribution in [3.05, 3.63) is 0 Å². The number of Topliss-reactive ketones (excluding diaryl/α,β-unsaturated/α-hetero) is 2. The molecule has 0 saturated carbocycles. The average molecular weight is 277 g/mol. The first-order valence-corrected chi connectivity index (χ1v) is 5.10. The van der Waals surface area contributed by atoms with Crippen molar-refractivity contribution in [1.82, 2.24) is 0 Å². The van der Waals surface area contributed by atoms with E-state index in [1.807, 2.05) is 0 Å². The molecule has 0 fully saturated rings. The van der Waals surface area contributed by atoms with E-state index in [4.69, 9.17) is 0 Å². The first kappa shape index (κ1) is 12.3. The molecule has 0 aromatic rings. The van der Waals surface area contributed by atoms with Gasteiger partial charge in [0.05, 0.1) is 0 Å². The van der Waals surface area contributed by atoms with Gasteiger partial charge in [0.15, 0.2) is 0 Å². The number of rotatable bonds is 6. The minimum absolute atomic E-state index is 0.196. The molecule has 0 heterocycles. The molecule has 0 spiro atoms. The van der Waals surface area contributed by atoms with Crippen LogP contribution < -0.4 is 0 Å². The van der Waals surface area contributed by atoms with Crippen LogP contribution in [0.25, 0.3) is 0 Å². The van der Waals surface area contributed by atoms with Crippen LogP contribution in [0.2, 0.25) is 0 Å². The third-order valence-electron chi connectivity index (χ3n) is 0.930. The van der Waals surface area contributed by atoms with Gasteiger partial charge in [0.1, 0.15) is 0 Å². The fourth-order valence-corrected chi connectivity index (χ4v) is 2.05. The molecule has 76 valence electrons. The van der Waals surface area contributed by atoms with Crippen molar-refractivity contribution in [1.29, 1.82) is 0 Å². The Morgan fingerprint density at radius 3 is 1.38 bits per heavy atom. The molecule has 0 unspecified atom stereocenters. The van der Waals surface area contributed by atoms with Crippen LogP contribution in [0.15, 0.2) is 0 Å². The van der Waals surface area contributed by atoms with Crippen molar-refractivity contribution in [3.63, 3.8) is 0 Å². The summed E-state index contributed by atoms with van der Waals surface area (Å²) in [4.78, 5) is 42.8. The van der Waals surface area contributed by atoms with Gasteiger partial charge in [0, 0.05) is 0 Å². The topological polar surface area (TPSA) is 68.3 Å². The van der Waals surface area contributed by atoms with Crippen molar-refractivity contribution in [2.75, 3.05) is 0 Å². The van der Waals surface area contributed by atoms with E-state index in [1.54, 1.807) is 0 Å². The monoisotopic (exact) mass is 276 g/mol. The summed E-state index contributed by atoms with van der Waals surface area (Å²) in [7, 11) is 0. The maximum atomic E-state index is 10.9. The normalized spacial score (nSPS) is 9.69. The fourth-order valence-electron chi connectivity index (χ4n) is 0.515. The Bertz CT molecular complexity index is 231. The van der Waals surface area contributed by atoms with Crippen LogP contribution in [0.3, 0.4) is 0 Å². The van der Waals surface area contributed by atoms with Crippen LogP contribution in [0.5, 0.6) is 0 Å². The molecule has 0 atom stereocenters. The second-order valence-corrected chi connectivity index (χ2v) is 4.60. The van der Waals surface area contributed by atoms with E-state index in [-0.39, 0.29) is 32.9 Å². The molecular formula is C8H10O4Pd. The first-order chi connectivity index (χ1) is 5.91. The molecular weight excluding hydrogens is 267 g/mol. The Hall–Kier alpha value is -0.658. The average Bonchev–Trinajstić information content (AvgIpc) is 1.80. The summed E-state index contributed by atoms with van der Waals surface area (Å²) in [6.45, 7) is 2.59. The maximum absolute atomic E-state index is 10.9. The third-order valence-corrected chi connectivity index (χ3v) is 2.35. The van der Waals surface area contributed by atoms with Gasteiger partial charge in [0.25, 0.3) is 0 Å². The molecule has 0 aromatic carbocycles. The Labute approximate surface area is 84.2 Å². The number of ketones is 2. The molecule has 13 heavy (non-hydrogen) atoms. The van der Waals surface area contributed by atoms with Crippen molar-refractivity contribution in [2.24, 2.45) is 0 Å². The zero-order chi connectivity index (χ0) is 10.4. The SMILES string of the molecule is CC(=O)C[C](=O)[Pd][C](=O)CC(C)=O. The Balaban J connectivity index is 3.85. The van der Waals surface area contributed by atoms with E-state index < -0.39 is 18.0 Å². The Morgan fingerprint density at radius 1 is 0.846 bits per heavy atom. The van der Waals surface area contributed by atoms with Crippen molar-refractivity contribution >= 4 is 20.1 Å². The molecule has 0 aliphatic rings. The molecule has 0 aliphatic carbocycles. The van der Waals surface area contributed by atoms with E-state index in [2.05, 4.69) is 0 Å². The second kappa shape index (κ2) is 5.90. The van der Waals surface area contributed by atoms with E-state index in [9.17, 15) is 19.2 Å². The summed E-state index contributed by atoms with van der Waals surface area (Å²) in [5.41, 5.74) is 0. The molecule has 0 bridgehead atoms. The predicted octanol–water partition coefficient (Wildman–Crippen LogP) is 0.0803. The van der Waals surface area contributed by atoms with Crippen LogP contribution in [-0.4, -0.2) is 20.1 Å². The van der Waals surface area contributed by atoms with Gasteiger partial charge in [-0.3, -0.25) is 0 Å². The van der Waals surface area contributed by atoms with Crippen molar-refractivity contribution < 1.29 is 37.2 Å². The van der Waals surface area contributed by atoms with Crippen molar-refractivity contribution in [3.8, 4) is 0 Å². The van der Waals surface area contributed by atoms with Gasteiger partial charge in [-0.1, -0.05) is 0 Å². The summed E-state index contributed by atoms with van der Waals surface area (Å²) in [6, 6.07) is 0. The van der Waals surface area contributed by atoms with E-state index in [0.717, 1.165) is 0 Å². The zero-order valence-corrected chi connectivity index (χ0v) is 8.92. The Kier molecular flexibility index (Phi) is 5.60. The summed E-state index contributed by atoms with van der Waals surface area (Å²) in [5.74, 6) is -0.502. The molecule has 0 aromatic heterocycles. The van der Waals surface area contributed by atoms with Crippen LogP contribution in [0.1, 0.15) is 26.7 Å². The number of carbonyl (C=O) groups excluding carboxylic acids is 4. The number of carbonyl (C=O) groups is 4. The van der Waals surface area contributed by atoms with Gasteiger partial charge in [0.2, 0.25) is 0 Å². The van der Waals surface area contributed by atoms with E-state index in [1.165, 1.54) is 13.8 Å². The fraction of sp³-hybridized carbons (Fsp3) is 0.500. The van der Waals surface area contributed by atoms with Gasteiger partial charge >= 0.3 is 83.9 Å². The van der Waals surface area contributed by atoms with Gasteiger partial charge in [-0.2, -0.15) is 0 Å². The van der Waals surface area contributed by atoms with Crippen LogP contribution in [-0.2, 0) is 37.2 Å². The summed E-state index contributed by atoms with van der Waals surface area (Å²) < 4.78 is -0.736. The van der Waals surface area contributed by atoms with Crippen LogP contribution >= 0.6 is 0 Å². The van der Waals surface area contributed by atoms with Crippen LogP contribution in [0, 0.1) is 0 Å². The molecule has 4 nitrogen and oxygen atoms in total. The molecule has 0 radical (unpaired) electrons. The second-order valence-electron chi connectivity index (χ2n) is 2.48. The van der Waals surface area contributed by atoms with E-state index >= 15 is 0 Å². The van der Waals surface area contributed by atoms with Gasteiger partial charge in [-0.05, 0) is 0 Å². The molecule has 0 rings (SSSR count). The standard InChI is InChI=1S/2C4H5O2.Pd/c2*1-4(6)2-3-5;/h2*2H2,1H3;. The van der Waals surface area contributed by atoms with Gasteiger partial charge < -0.3 is 0 Å². The van der Waals surface area contributed by atoms with Crippen LogP contribution in [0.4, 0.5) is 0 Å².